The van der Waals surface area contributed by atoms with Crippen molar-refractivity contribution in [2.45, 2.75) is 12.5 Å². The summed E-state index contributed by atoms with van der Waals surface area (Å²) in [4.78, 5) is 33.1. The van der Waals surface area contributed by atoms with Gasteiger partial charge in [-0.25, -0.2) is 4.39 Å². The third-order valence-electron chi connectivity index (χ3n) is 6.96. The van der Waals surface area contributed by atoms with Gasteiger partial charge in [0.2, 0.25) is 0 Å². The minimum atomic E-state index is -5.08. The number of hydrogen-bond acceptors (Lipinski definition) is 10. The Labute approximate surface area is 260 Å². The van der Waals surface area contributed by atoms with E-state index in [1.165, 1.54) is 19.2 Å². The molecule has 2 aliphatic heterocycles. The van der Waals surface area contributed by atoms with Crippen LogP contribution in [0.4, 0.5) is 43.7 Å². The van der Waals surface area contributed by atoms with Crippen molar-refractivity contribution >= 4 is 29.1 Å². The summed E-state index contributed by atoms with van der Waals surface area (Å²) in [5, 5.41) is 8.53. The van der Waals surface area contributed by atoms with Gasteiger partial charge in [-0.1, -0.05) is 0 Å². The fourth-order valence-electron chi connectivity index (χ4n) is 4.74. The van der Waals surface area contributed by atoms with Crippen molar-refractivity contribution in [1.29, 1.82) is 0 Å². The molecule has 4 aromatic rings. The lowest BCUT2D eigenvalue weighted by molar-refractivity contribution is -0.286. The SMILES string of the molecule is COc1ccc(-c2nc(N3CCOCC3)no2)cc1C(=O)Nc1cc2c(cc1C(=O)Nc1ccc(F)c(C(F)(F)F)c1)OC(F)(F)O2. The summed E-state index contributed by atoms with van der Waals surface area (Å²) in [5.74, 6) is -4.37. The number of aromatic nitrogens is 2. The highest BCUT2D eigenvalue weighted by Crippen LogP contribution is 2.44. The lowest BCUT2D eigenvalue weighted by atomic mass is 10.1. The number of alkyl halides is 5. The quantitative estimate of drug-likeness (QED) is 0.241. The first-order valence-corrected chi connectivity index (χ1v) is 13.6. The average Bonchev–Trinajstić information content (AvgIpc) is 3.64. The molecule has 0 aliphatic carbocycles. The molecule has 18 heteroatoms. The van der Waals surface area contributed by atoms with Gasteiger partial charge in [0, 0.05) is 30.4 Å². The number of benzene rings is 3. The van der Waals surface area contributed by atoms with Gasteiger partial charge in [-0.3, -0.25) is 9.59 Å². The number of ether oxygens (including phenoxy) is 4. The molecular formula is C29H21F6N5O7. The van der Waals surface area contributed by atoms with Gasteiger partial charge in [-0.15, -0.1) is 8.78 Å². The Kier molecular flexibility index (Phi) is 8.04. The normalized spacial score (nSPS) is 15.3. The predicted octanol–water partition coefficient (Wildman–Crippen LogP) is 5.57. The van der Waals surface area contributed by atoms with Gasteiger partial charge in [-0.05, 0) is 47.6 Å². The zero-order valence-corrected chi connectivity index (χ0v) is 23.9. The molecule has 1 aromatic heterocycles. The number of carbonyl (C=O) groups is 2. The molecule has 47 heavy (non-hydrogen) atoms. The van der Waals surface area contributed by atoms with Crippen LogP contribution in [0.3, 0.4) is 0 Å². The standard InChI is InChI=1S/C29H21F6N5O7/c1-43-21-5-2-14(26-38-27(39-47-26)40-6-8-44-9-7-40)10-17(21)25(42)37-20-13-23-22(45-29(34,35)46-23)12-16(20)24(41)36-15-3-4-19(30)18(11-15)28(31,32)33/h2-5,10-13H,6-9H2,1H3,(H,36,41)(H,37,42). The molecule has 0 radical (unpaired) electrons. The molecule has 12 nitrogen and oxygen atoms in total. The molecule has 0 atom stereocenters. The summed E-state index contributed by atoms with van der Waals surface area (Å²) in [6.45, 7) is 2.04. The molecule has 0 saturated carbocycles. The summed E-state index contributed by atoms with van der Waals surface area (Å²) < 4.78 is 106. The number of nitrogens with one attached hydrogen (secondary N) is 2. The highest BCUT2D eigenvalue weighted by atomic mass is 19.4. The van der Waals surface area contributed by atoms with E-state index in [1.807, 2.05) is 4.90 Å². The highest BCUT2D eigenvalue weighted by molar-refractivity contribution is 6.14. The molecule has 1 saturated heterocycles. The van der Waals surface area contributed by atoms with Gasteiger partial charge in [0.15, 0.2) is 11.5 Å². The van der Waals surface area contributed by atoms with E-state index in [9.17, 15) is 35.9 Å². The van der Waals surface area contributed by atoms with Crippen molar-refractivity contribution in [2.75, 3.05) is 48.9 Å². The Balaban J connectivity index is 1.31. The van der Waals surface area contributed by atoms with Crippen LogP contribution in [0.5, 0.6) is 17.2 Å². The van der Waals surface area contributed by atoms with E-state index in [2.05, 4.69) is 30.2 Å². The molecule has 3 aromatic carbocycles. The van der Waals surface area contributed by atoms with Crippen molar-refractivity contribution in [2.24, 2.45) is 0 Å². The van der Waals surface area contributed by atoms with Crippen LogP contribution < -0.4 is 29.7 Å². The number of amides is 2. The number of methoxy groups -OCH3 is 1. The second-order valence-electron chi connectivity index (χ2n) is 10.0. The van der Waals surface area contributed by atoms with Crippen LogP contribution in [0.15, 0.2) is 53.1 Å². The number of morpholine rings is 1. The second kappa shape index (κ2) is 12.0. The van der Waals surface area contributed by atoms with Crippen molar-refractivity contribution in [3.8, 4) is 28.7 Å². The zero-order valence-electron chi connectivity index (χ0n) is 23.9. The Morgan fingerprint density at radius 2 is 1.64 bits per heavy atom. The number of hydrogen-bond donors (Lipinski definition) is 2. The van der Waals surface area contributed by atoms with Crippen molar-refractivity contribution in [3.05, 3.63) is 71.0 Å². The number of halogens is 6. The molecule has 0 spiro atoms. The van der Waals surface area contributed by atoms with Gasteiger partial charge in [0.25, 0.3) is 23.7 Å². The van der Waals surface area contributed by atoms with Crippen molar-refractivity contribution in [3.63, 3.8) is 0 Å². The molecule has 2 N–H and O–H groups in total. The predicted molar refractivity (Wildman–Crippen MR) is 149 cm³/mol. The van der Waals surface area contributed by atoms with Crippen molar-refractivity contribution in [1.82, 2.24) is 10.1 Å². The third-order valence-corrected chi connectivity index (χ3v) is 6.96. The van der Waals surface area contributed by atoms with E-state index >= 15 is 0 Å². The maximum Gasteiger partial charge on any atom is 0.586 e. The van der Waals surface area contributed by atoms with Gasteiger partial charge in [-0.2, -0.15) is 18.2 Å². The van der Waals surface area contributed by atoms with Crippen LogP contribution in [0, 0.1) is 5.82 Å². The van der Waals surface area contributed by atoms with Gasteiger partial charge in [0.1, 0.15) is 11.6 Å². The first kappa shape index (κ1) is 31.5. The molecular weight excluding hydrogens is 644 g/mol. The van der Waals surface area contributed by atoms with Crippen LogP contribution in [0.2, 0.25) is 0 Å². The molecule has 0 unspecified atom stereocenters. The topological polar surface area (TPSA) is 137 Å². The molecule has 2 aliphatic rings. The van der Waals surface area contributed by atoms with E-state index in [4.69, 9.17) is 14.0 Å². The van der Waals surface area contributed by atoms with Crippen LogP contribution >= 0.6 is 0 Å². The second-order valence-corrected chi connectivity index (χ2v) is 10.0. The first-order chi connectivity index (χ1) is 22.3. The van der Waals surface area contributed by atoms with Gasteiger partial charge in [0.05, 0.1) is 42.7 Å². The number of carbonyl (C=O) groups excluding carboxylic acids is 2. The third kappa shape index (κ3) is 6.57. The van der Waals surface area contributed by atoms with E-state index in [0.717, 1.165) is 18.2 Å². The Morgan fingerprint density at radius 1 is 0.936 bits per heavy atom. The minimum Gasteiger partial charge on any atom is -0.496 e. The fourth-order valence-corrected chi connectivity index (χ4v) is 4.74. The molecule has 246 valence electrons. The Bertz CT molecular complexity index is 1860. The number of nitrogens with zero attached hydrogens (tertiary/aromatic N) is 3. The monoisotopic (exact) mass is 665 g/mol. The fraction of sp³-hybridized carbons (Fsp3) is 0.241. The largest absolute Gasteiger partial charge is 0.586 e. The van der Waals surface area contributed by atoms with E-state index in [-0.39, 0.29) is 17.2 Å². The molecule has 6 rings (SSSR count). The summed E-state index contributed by atoms with van der Waals surface area (Å²) >= 11 is 0. The summed E-state index contributed by atoms with van der Waals surface area (Å²) in [6.07, 6.45) is -9.19. The molecule has 2 amide bonds. The lowest BCUT2D eigenvalue weighted by Gasteiger charge is -2.24. The summed E-state index contributed by atoms with van der Waals surface area (Å²) in [5.41, 5.74) is -2.85. The van der Waals surface area contributed by atoms with Crippen LogP contribution in [-0.2, 0) is 10.9 Å². The van der Waals surface area contributed by atoms with E-state index in [0.29, 0.717) is 49.9 Å². The molecule has 1 fully saturated rings. The average molecular weight is 666 g/mol. The highest BCUT2D eigenvalue weighted by Gasteiger charge is 2.44. The first-order valence-electron chi connectivity index (χ1n) is 13.6. The van der Waals surface area contributed by atoms with E-state index < -0.39 is 64.1 Å². The van der Waals surface area contributed by atoms with Gasteiger partial charge >= 0.3 is 12.5 Å². The lowest BCUT2D eigenvalue weighted by Crippen LogP contribution is -2.36. The number of fused-ring (bicyclic) bond motifs is 1. The van der Waals surface area contributed by atoms with Crippen LogP contribution in [-0.4, -0.2) is 61.7 Å². The number of rotatable bonds is 7. The zero-order chi connectivity index (χ0) is 33.5. The van der Waals surface area contributed by atoms with Crippen molar-refractivity contribution < 1.29 is 59.4 Å². The van der Waals surface area contributed by atoms with E-state index in [1.54, 1.807) is 6.07 Å². The Morgan fingerprint density at radius 3 is 2.34 bits per heavy atom. The van der Waals surface area contributed by atoms with Crippen LogP contribution in [0.1, 0.15) is 26.3 Å². The summed E-state index contributed by atoms with van der Waals surface area (Å²) in [6, 6.07) is 7.71. The maximum absolute atomic E-state index is 13.9. The minimum absolute atomic E-state index is 0.0587. The molecule has 3 heterocycles. The summed E-state index contributed by atoms with van der Waals surface area (Å²) in [7, 11) is 1.29. The van der Waals surface area contributed by atoms with Crippen LogP contribution in [0.25, 0.3) is 11.5 Å². The van der Waals surface area contributed by atoms with Gasteiger partial charge < -0.3 is 39.0 Å². The smallest absolute Gasteiger partial charge is 0.496 e. The molecule has 0 bridgehead atoms. The Hall–Kier alpha value is -5.52. The maximum atomic E-state index is 13.9. The number of anilines is 3.